The number of hydrogen-bond donors (Lipinski definition) is 0. The van der Waals surface area contributed by atoms with Crippen molar-refractivity contribution in [3.8, 4) is 0 Å². The monoisotopic (exact) mass is 320 g/mol. The van der Waals surface area contributed by atoms with Gasteiger partial charge in [0, 0.05) is 12.0 Å². The third-order valence-electron chi connectivity index (χ3n) is 3.78. The Hall–Kier alpha value is -1.02. The maximum atomic E-state index is 5.51. The van der Waals surface area contributed by atoms with Crippen LogP contribution in [0.5, 0.6) is 0 Å². The maximum absolute atomic E-state index is 5.51. The molecule has 1 aromatic carbocycles. The fourth-order valence-electron chi connectivity index (χ4n) is 2.27. The van der Waals surface area contributed by atoms with Gasteiger partial charge in [-0.3, -0.25) is 0 Å². The van der Waals surface area contributed by atoms with Gasteiger partial charge in [-0.25, -0.2) is 0 Å². The molecular formula is C17H21BrO. The van der Waals surface area contributed by atoms with E-state index in [-0.39, 0.29) is 4.83 Å². The van der Waals surface area contributed by atoms with E-state index in [0.29, 0.717) is 5.92 Å². The molecule has 0 aliphatic carbocycles. The summed E-state index contributed by atoms with van der Waals surface area (Å²) in [7, 11) is 0. The largest absolute Gasteiger partial charge is 0.469 e. The highest BCUT2D eigenvalue weighted by Gasteiger charge is 2.16. The van der Waals surface area contributed by atoms with Gasteiger partial charge in [0.25, 0.3) is 0 Å². The molecule has 0 aliphatic heterocycles. The highest BCUT2D eigenvalue weighted by Crippen LogP contribution is 2.34. The minimum absolute atomic E-state index is 0.215. The average molecular weight is 321 g/mol. The number of benzene rings is 1. The van der Waals surface area contributed by atoms with Crippen LogP contribution >= 0.6 is 15.9 Å². The first-order valence-corrected chi connectivity index (χ1v) is 7.89. The molecule has 0 amide bonds. The standard InChI is InChI=1S/C17H21BrO/c1-4-12(3)13-6-8-14(9-7-13)17(18)15-10-11-19-16(15)5-2/h6-12,17H,4-5H2,1-3H3. The molecule has 1 heterocycles. The van der Waals surface area contributed by atoms with Crippen molar-refractivity contribution in [2.75, 3.05) is 0 Å². The molecule has 2 rings (SSSR count). The van der Waals surface area contributed by atoms with Gasteiger partial charge in [0.15, 0.2) is 0 Å². The zero-order valence-corrected chi connectivity index (χ0v) is 13.4. The highest BCUT2D eigenvalue weighted by molar-refractivity contribution is 9.09. The Bertz CT molecular complexity index is 512. The first-order valence-electron chi connectivity index (χ1n) is 6.97. The normalized spacial score (nSPS) is 14.3. The Labute approximate surface area is 124 Å². The molecule has 102 valence electrons. The Morgan fingerprint density at radius 1 is 1.05 bits per heavy atom. The number of alkyl halides is 1. The third-order valence-corrected chi connectivity index (χ3v) is 4.81. The maximum Gasteiger partial charge on any atom is 0.108 e. The van der Waals surface area contributed by atoms with Crippen LogP contribution in [0.25, 0.3) is 0 Å². The van der Waals surface area contributed by atoms with Gasteiger partial charge >= 0.3 is 0 Å². The van der Waals surface area contributed by atoms with Crippen LogP contribution in [0.2, 0.25) is 0 Å². The quantitative estimate of drug-likeness (QED) is 0.631. The van der Waals surface area contributed by atoms with Crippen molar-refractivity contribution in [3.05, 3.63) is 59.0 Å². The molecule has 19 heavy (non-hydrogen) atoms. The van der Waals surface area contributed by atoms with Crippen molar-refractivity contribution in [1.29, 1.82) is 0 Å². The fourth-order valence-corrected chi connectivity index (χ4v) is 2.99. The molecule has 1 aromatic heterocycles. The van der Waals surface area contributed by atoms with Crippen LogP contribution in [0, 0.1) is 0 Å². The van der Waals surface area contributed by atoms with Crippen molar-refractivity contribution in [1.82, 2.24) is 0 Å². The van der Waals surface area contributed by atoms with Gasteiger partial charge in [-0.15, -0.1) is 0 Å². The van der Waals surface area contributed by atoms with Crippen molar-refractivity contribution >= 4 is 15.9 Å². The van der Waals surface area contributed by atoms with Crippen LogP contribution in [0.3, 0.4) is 0 Å². The van der Waals surface area contributed by atoms with E-state index in [4.69, 9.17) is 4.42 Å². The van der Waals surface area contributed by atoms with Gasteiger partial charge in [0.2, 0.25) is 0 Å². The van der Waals surface area contributed by atoms with E-state index < -0.39 is 0 Å². The van der Waals surface area contributed by atoms with E-state index in [1.165, 1.54) is 23.1 Å². The van der Waals surface area contributed by atoms with E-state index in [2.05, 4.69) is 67.0 Å². The molecule has 2 heteroatoms. The predicted octanol–water partition coefficient (Wildman–Crippen LogP) is 5.84. The summed E-state index contributed by atoms with van der Waals surface area (Å²) < 4.78 is 5.51. The Morgan fingerprint density at radius 2 is 1.68 bits per heavy atom. The molecule has 0 fully saturated rings. The summed E-state index contributed by atoms with van der Waals surface area (Å²) in [5.74, 6) is 1.69. The van der Waals surface area contributed by atoms with Gasteiger partial charge in [-0.05, 0) is 29.5 Å². The zero-order chi connectivity index (χ0) is 13.8. The van der Waals surface area contributed by atoms with Crippen LogP contribution in [0.15, 0.2) is 41.0 Å². The van der Waals surface area contributed by atoms with Crippen LogP contribution in [-0.2, 0) is 6.42 Å². The fraction of sp³-hybridized carbons (Fsp3) is 0.412. The molecule has 0 saturated heterocycles. The summed E-state index contributed by atoms with van der Waals surface area (Å²) in [4.78, 5) is 0.215. The Kier molecular flexibility index (Phi) is 4.87. The molecule has 0 N–H and O–H groups in total. The lowest BCUT2D eigenvalue weighted by molar-refractivity contribution is 0.512. The molecule has 0 spiro atoms. The topological polar surface area (TPSA) is 13.1 Å². The molecule has 0 saturated carbocycles. The zero-order valence-electron chi connectivity index (χ0n) is 11.8. The van der Waals surface area contributed by atoms with Crippen molar-refractivity contribution in [2.24, 2.45) is 0 Å². The van der Waals surface area contributed by atoms with E-state index >= 15 is 0 Å². The highest BCUT2D eigenvalue weighted by atomic mass is 79.9. The average Bonchev–Trinajstić information content (AvgIpc) is 2.94. The first kappa shape index (κ1) is 14.4. The number of halogens is 1. The molecule has 1 nitrogen and oxygen atoms in total. The summed E-state index contributed by atoms with van der Waals surface area (Å²) in [6.07, 6.45) is 3.88. The molecular weight excluding hydrogens is 300 g/mol. The van der Waals surface area contributed by atoms with Gasteiger partial charge in [0.05, 0.1) is 11.1 Å². The van der Waals surface area contributed by atoms with Gasteiger partial charge < -0.3 is 4.42 Å². The number of rotatable bonds is 5. The minimum Gasteiger partial charge on any atom is -0.469 e. The van der Waals surface area contributed by atoms with E-state index in [0.717, 1.165) is 12.2 Å². The van der Waals surface area contributed by atoms with Crippen LogP contribution in [0.1, 0.15) is 60.4 Å². The molecule has 0 radical (unpaired) electrons. The second-order valence-electron chi connectivity index (χ2n) is 4.99. The van der Waals surface area contributed by atoms with Crippen LogP contribution < -0.4 is 0 Å². The lowest BCUT2D eigenvalue weighted by Gasteiger charge is -2.13. The summed E-state index contributed by atoms with van der Waals surface area (Å²) in [5, 5.41) is 0. The lowest BCUT2D eigenvalue weighted by Crippen LogP contribution is -1.96. The molecule has 2 unspecified atom stereocenters. The summed E-state index contributed by atoms with van der Waals surface area (Å²) >= 11 is 3.78. The lowest BCUT2D eigenvalue weighted by atomic mass is 9.96. The number of hydrogen-bond acceptors (Lipinski definition) is 1. The van der Waals surface area contributed by atoms with Crippen molar-refractivity contribution < 1.29 is 4.42 Å². The summed E-state index contributed by atoms with van der Waals surface area (Å²) in [5.41, 5.74) is 3.93. The smallest absolute Gasteiger partial charge is 0.108 e. The molecule has 0 bridgehead atoms. The number of aryl methyl sites for hydroxylation is 1. The summed E-state index contributed by atoms with van der Waals surface area (Å²) in [6.45, 7) is 6.62. The summed E-state index contributed by atoms with van der Waals surface area (Å²) in [6, 6.07) is 11.0. The number of furan rings is 1. The molecule has 0 aliphatic rings. The van der Waals surface area contributed by atoms with Crippen molar-refractivity contribution in [2.45, 2.75) is 44.4 Å². The second-order valence-corrected chi connectivity index (χ2v) is 5.91. The van der Waals surface area contributed by atoms with E-state index in [9.17, 15) is 0 Å². The first-order chi connectivity index (χ1) is 9.17. The van der Waals surface area contributed by atoms with Gasteiger partial charge in [-0.2, -0.15) is 0 Å². The van der Waals surface area contributed by atoms with Crippen LogP contribution in [-0.4, -0.2) is 0 Å². The SMILES string of the molecule is CCc1occc1C(Br)c1ccc(C(C)CC)cc1. The van der Waals surface area contributed by atoms with E-state index in [1.807, 2.05) is 0 Å². The Morgan fingerprint density at radius 3 is 2.26 bits per heavy atom. The van der Waals surface area contributed by atoms with E-state index in [1.54, 1.807) is 6.26 Å². The van der Waals surface area contributed by atoms with Crippen molar-refractivity contribution in [3.63, 3.8) is 0 Å². The van der Waals surface area contributed by atoms with Gasteiger partial charge in [0.1, 0.15) is 5.76 Å². The second kappa shape index (κ2) is 6.42. The molecule has 2 atom stereocenters. The predicted molar refractivity (Wildman–Crippen MR) is 84.0 cm³/mol. The molecule has 2 aromatic rings. The Balaban J connectivity index is 2.22. The van der Waals surface area contributed by atoms with Gasteiger partial charge in [-0.1, -0.05) is 61.0 Å². The van der Waals surface area contributed by atoms with Crippen LogP contribution in [0.4, 0.5) is 0 Å². The third kappa shape index (κ3) is 3.11. The minimum atomic E-state index is 0.215.